The van der Waals surface area contributed by atoms with Crippen LogP contribution in [0.5, 0.6) is 0 Å². The molecule has 0 bridgehead atoms. The number of halogens is 1. The van der Waals surface area contributed by atoms with Gasteiger partial charge in [-0.1, -0.05) is 18.5 Å². The van der Waals surface area contributed by atoms with Crippen molar-refractivity contribution in [3.05, 3.63) is 46.5 Å². The van der Waals surface area contributed by atoms with Gasteiger partial charge in [-0.25, -0.2) is 0 Å². The standard InChI is InChI=1S/C13H17ClN4/c1-3-6-18-13(11(14)8-17-18)12(15)10-4-5-16-7-9(10)2/h4-5,7-8,12H,3,6,15H2,1-2H3. The molecular weight excluding hydrogens is 248 g/mol. The first-order valence-corrected chi connectivity index (χ1v) is 6.40. The van der Waals surface area contributed by atoms with E-state index >= 15 is 0 Å². The van der Waals surface area contributed by atoms with Crippen LogP contribution in [-0.2, 0) is 6.54 Å². The van der Waals surface area contributed by atoms with Gasteiger partial charge in [0.15, 0.2) is 0 Å². The highest BCUT2D eigenvalue weighted by Crippen LogP contribution is 2.27. The van der Waals surface area contributed by atoms with Crippen molar-refractivity contribution in [2.45, 2.75) is 32.9 Å². The summed E-state index contributed by atoms with van der Waals surface area (Å²) in [5, 5.41) is 4.89. The molecule has 96 valence electrons. The third-order valence-corrected chi connectivity index (χ3v) is 3.25. The van der Waals surface area contributed by atoms with Crippen LogP contribution in [-0.4, -0.2) is 14.8 Å². The minimum Gasteiger partial charge on any atom is -0.319 e. The molecule has 0 saturated heterocycles. The first-order chi connectivity index (χ1) is 8.65. The average molecular weight is 265 g/mol. The first-order valence-electron chi connectivity index (χ1n) is 6.02. The Bertz CT molecular complexity index is 536. The molecule has 5 heteroatoms. The number of hydrogen-bond donors (Lipinski definition) is 1. The van der Waals surface area contributed by atoms with Crippen LogP contribution in [0.15, 0.2) is 24.7 Å². The second kappa shape index (κ2) is 5.50. The summed E-state index contributed by atoms with van der Waals surface area (Å²) in [5.74, 6) is 0. The molecule has 0 aliphatic rings. The van der Waals surface area contributed by atoms with Crippen molar-refractivity contribution >= 4 is 11.6 Å². The van der Waals surface area contributed by atoms with Crippen molar-refractivity contribution in [3.63, 3.8) is 0 Å². The summed E-state index contributed by atoms with van der Waals surface area (Å²) in [6.45, 7) is 4.92. The predicted octanol–water partition coefficient (Wildman–Crippen LogP) is 2.70. The Balaban J connectivity index is 2.42. The van der Waals surface area contributed by atoms with Gasteiger partial charge < -0.3 is 5.73 Å². The zero-order valence-corrected chi connectivity index (χ0v) is 11.4. The molecule has 18 heavy (non-hydrogen) atoms. The highest BCUT2D eigenvalue weighted by atomic mass is 35.5. The summed E-state index contributed by atoms with van der Waals surface area (Å²) in [6, 6.07) is 1.66. The van der Waals surface area contributed by atoms with Gasteiger partial charge in [0.1, 0.15) is 0 Å². The molecule has 0 saturated carbocycles. The molecule has 2 aromatic rings. The zero-order valence-electron chi connectivity index (χ0n) is 10.6. The predicted molar refractivity (Wildman–Crippen MR) is 72.5 cm³/mol. The van der Waals surface area contributed by atoms with Crippen LogP contribution in [0.4, 0.5) is 0 Å². The van der Waals surface area contributed by atoms with Crippen molar-refractivity contribution < 1.29 is 0 Å². The zero-order chi connectivity index (χ0) is 13.1. The largest absolute Gasteiger partial charge is 0.319 e. The molecule has 2 heterocycles. The van der Waals surface area contributed by atoms with Crippen molar-refractivity contribution in [3.8, 4) is 0 Å². The molecule has 4 nitrogen and oxygen atoms in total. The van der Waals surface area contributed by atoms with Crippen LogP contribution >= 0.6 is 11.6 Å². The van der Waals surface area contributed by atoms with Crippen LogP contribution in [0.2, 0.25) is 5.02 Å². The Hall–Kier alpha value is -1.39. The van der Waals surface area contributed by atoms with Crippen molar-refractivity contribution in [1.29, 1.82) is 0 Å². The molecule has 2 rings (SSSR count). The number of nitrogens with zero attached hydrogens (tertiary/aromatic N) is 3. The molecule has 0 aliphatic carbocycles. The van der Waals surface area contributed by atoms with E-state index in [0.29, 0.717) is 5.02 Å². The maximum atomic E-state index is 6.32. The Labute approximate surface area is 112 Å². The molecule has 0 amide bonds. The van der Waals surface area contributed by atoms with Crippen LogP contribution < -0.4 is 5.73 Å². The van der Waals surface area contributed by atoms with Crippen LogP contribution in [0, 0.1) is 6.92 Å². The Morgan fingerprint density at radius 1 is 1.44 bits per heavy atom. The molecule has 0 fully saturated rings. The van der Waals surface area contributed by atoms with E-state index in [2.05, 4.69) is 17.0 Å². The van der Waals surface area contributed by atoms with E-state index in [0.717, 1.165) is 29.8 Å². The fraction of sp³-hybridized carbons (Fsp3) is 0.385. The van der Waals surface area contributed by atoms with Crippen molar-refractivity contribution in [1.82, 2.24) is 14.8 Å². The minimum absolute atomic E-state index is 0.269. The number of rotatable bonds is 4. The fourth-order valence-electron chi connectivity index (χ4n) is 2.05. The summed E-state index contributed by atoms with van der Waals surface area (Å²) >= 11 is 6.20. The highest BCUT2D eigenvalue weighted by molar-refractivity contribution is 6.31. The molecule has 2 aromatic heterocycles. The van der Waals surface area contributed by atoms with E-state index in [4.69, 9.17) is 17.3 Å². The van der Waals surface area contributed by atoms with Gasteiger partial charge in [-0.2, -0.15) is 5.10 Å². The topological polar surface area (TPSA) is 56.7 Å². The Kier molecular flexibility index (Phi) is 3.99. The SMILES string of the molecule is CCCn1ncc(Cl)c1C(N)c1ccncc1C. The summed E-state index contributed by atoms with van der Waals surface area (Å²) in [7, 11) is 0. The maximum Gasteiger partial charge on any atom is 0.0837 e. The number of aryl methyl sites for hydroxylation is 2. The van der Waals surface area contributed by atoms with Crippen LogP contribution in [0.1, 0.15) is 36.2 Å². The van der Waals surface area contributed by atoms with Gasteiger partial charge in [-0.05, 0) is 30.5 Å². The molecule has 0 aromatic carbocycles. The van der Waals surface area contributed by atoms with Gasteiger partial charge in [-0.15, -0.1) is 0 Å². The number of pyridine rings is 1. The lowest BCUT2D eigenvalue weighted by molar-refractivity contribution is 0.559. The minimum atomic E-state index is -0.269. The lowest BCUT2D eigenvalue weighted by Crippen LogP contribution is -2.19. The molecule has 0 spiro atoms. The Morgan fingerprint density at radius 3 is 2.89 bits per heavy atom. The molecule has 1 atom stereocenters. The van der Waals surface area contributed by atoms with Gasteiger partial charge in [0.05, 0.1) is 23.0 Å². The molecule has 0 radical (unpaired) electrons. The van der Waals surface area contributed by atoms with Crippen LogP contribution in [0.3, 0.4) is 0 Å². The third-order valence-electron chi connectivity index (χ3n) is 2.96. The van der Waals surface area contributed by atoms with Gasteiger partial charge in [-0.3, -0.25) is 9.67 Å². The van der Waals surface area contributed by atoms with E-state index in [1.165, 1.54) is 0 Å². The van der Waals surface area contributed by atoms with Gasteiger partial charge in [0.25, 0.3) is 0 Å². The smallest absolute Gasteiger partial charge is 0.0837 e. The quantitative estimate of drug-likeness (QED) is 0.924. The monoisotopic (exact) mass is 264 g/mol. The average Bonchev–Trinajstić information content (AvgIpc) is 2.71. The second-order valence-electron chi connectivity index (χ2n) is 4.31. The summed E-state index contributed by atoms with van der Waals surface area (Å²) < 4.78 is 1.88. The van der Waals surface area contributed by atoms with Crippen LogP contribution in [0.25, 0.3) is 0 Å². The van der Waals surface area contributed by atoms with E-state index in [1.807, 2.05) is 23.9 Å². The molecular formula is C13H17ClN4. The third kappa shape index (κ3) is 2.40. The number of aromatic nitrogens is 3. The van der Waals surface area contributed by atoms with Gasteiger partial charge >= 0.3 is 0 Å². The molecule has 0 aliphatic heterocycles. The van der Waals surface area contributed by atoms with E-state index in [9.17, 15) is 0 Å². The first kappa shape index (κ1) is 13.1. The van der Waals surface area contributed by atoms with Gasteiger partial charge in [0, 0.05) is 18.9 Å². The summed E-state index contributed by atoms with van der Waals surface area (Å²) in [6.07, 6.45) is 6.20. The van der Waals surface area contributed by atoms with E-state index in [1.54, 1.807) is 12.4 Å². The van der Waals surface area contributed by atoms with E-state index in [-0.39, 0.29) is 6.04 Å². The lowest BCUT2D eigenvalue weighted by Gasteiger charge is -2.16. The summed E-state index contributed by atoms with van der Waals surface area (Å²) in [5.41, 5.74) is 9.28. The second-order valence-corrected chi connectivity index (χ2v) is 4.72. The highest BCUT2D eigenvalue weighted by Gasteiger charge is 2.19. The molecule has 2 N–H and O–H groups in total. The molecule has 1 unspecified atom stereocenters. The fourth-order valence-corrected chi connectivity index (χ4v) is 2.31. The number of hydrogen-bond acceptors (Lipinski definition) is 3. The maximum absolute atomic E-state index is 6.32. The van der Waals surface area contributed by atoms with E-state index < -0.39 is 0 Å². The lowest BCUT2D eigenvalue weighted by atomic mass is 10.0. The van der Waals surface area contributed by atoms with Crippen molar-refractivity contribution in [2.24, 2.45) is 5.73 Å². The Morgan fingerprint density at radius 2 is 2.22 bits per heavy atom. The number of nitrogens with two attached hydrogens (primary N) is 1. The normalized spacial score (nSPS) is 12.7. The summed E-state index contributed by atoms with van der Waals surface area (Å²) in [4.78, 5) is 4.08. The van der Waals surface area contributed by atoms with Crippen molar-refractivity contribution in [2.75, 3.05) is 0 Å². The van der Waals surface area contributed by atoms with Gasteiger partial charge in [0.2, 0.25) is 0 Å².